The van der Waals surface area contributed by atoms with Gasteiger partial charge in [-0.15, -0.1) is 0 Å². The summed E-state index contributed by atoms with van der Waals surface area (Å²) in [4.78, 5) is 25.0. The van der Waals surface area contributed by atoms with Crippen LogP contribution in [-0.4, -0.2) is 57.8 Å². The van der Waals surface area contributed by atoms with Gasteiger partial charge in [-0.05, 0) is 31.3 Å². The first kappa shape index (κ1) is 22.7. The molecule has 3 aliphatic rings. The van der Waals surface area contributed by atoms with E-state index in [-0.39, 0.29) is 17.9 Å². The first-order chi connectivity index (χ1) is 13.9. The van der Waals surface area contributed by atoms with Crippen LogP contribution < -0.4 is 0 Å². The van der Waals surface area contributed by atoms with E-state index in [0.29, 0.717) is 12.0 Å². The molecule has 0 unspecified atom stereocenters. The Morgan fingerprint density at radius 2 is 1.97 bits per heavy atom. The first-order valence-electron chi connectivity index (χ1n) is 10.5. The van der Waals surface area contributed by atoms with E-state index in [1.54, 1.807) is 6.08 Å². The van der Waals surface area contributed by atoms with Crippen molar-refractivity contribution in [3.05, 3.63) is 36.0 Å². The molecule has 7 heteroatoms. The zero-order chi connectivity index (χ0) is 22.3. The number of hydrogen-bond donors (Lipinski definition) is 3. The Bertz CT molecular complexity index is 793. The Labute approximate surface area is 177 Å². The highest BCUT2D eigenvalue weighted by Gasteiger charge is 2.69. The summed E-state index contributed by atoms with van der Waals surface area (Å²) in [5, 5.41) is 30.2. The van der Waals surface area contributed by atoms with Crippen LogP contribution in [0.25, 0.3) is 0 Å². The highest BCUT2D eigenvalue weighted by atomic mass is 16.6. The van der Waals surface area contributed by atoms with Crippen LogP contribution in [0.15, 0.2) is 36.0 Å². The predicted octanol–water partition coefficient (Wildman–Crippen LogP) is 1.81. The van der Waals surface area contributed by atoms with Crippen LogP contribution in [0.4, 0.5) is 0 Å². The van der Waals surface area contributed by atoms with E-state index in [4.69, 9.17) is 9.47 Å². The molecule has 2 aliphatic carbocycles. The van der Waals surface area contributed by atoms with E-state index in [2.05, 4.69) is 13.8 Å². The van der Waals surface area contributed by atoms with Crippen LogP contribution in [0.2, 0.25) is 0 Å². The van der Waals surface area contributed by atoms with E-state index in [0.717, 1.165) is 12.8 Å². The summed E-state index contributed by atoms with van der Waals surface area (Å²) >= 11 is 0. The van der Waals surface area contributed by atoms with E-state index < -0.39 is 41.3 Å². The van der Waals surface area contributed by atoms with E-state index in [1.807, 2.05) is 6.92 Å². The molecule has 0 radical (unpaired) electrons. The molecule has 1 aliphatic heterocycles. The molecule has 1 saturated carbocycles. The summed E-state index contributed by atoms with van der Waals surface area (Å²) in [5.74, 6) is -1.44. The second-order valence-electron chi connectivity index (χ2n) is 9.59. The fraction of sp³-hybridized carbons (Fsp3) is 0.652. The van der Waals surface area contributed by atoms with Gasteiger partial charge in [0.1, 0.15) is 12.7 Å². The number of aliphatic hydroxyl groups excluding tert-OH is 2. The number of carbonyl (C=O) groups is 2. The van der Waals surface area contributed by atoms with Gasteiger partial charge in [-0.3, -0.25) is 0 Å². The van der Waals surface area contributed by atoms with Gasteiger partial charge >= 0.3 is 11.9 Å². The van der Waals surface area contributed by atoms with Gasteiger partial charge < -0.3 is 24.8 Å². The Balaban J connectivity index is 1.86. The first-order valence-corrected chi connectivity index (χ1v) is 10.5. The molecular weight excluding hydrogens is 388 g/mol. The standard InChI is InChI=1S/C23H32O7/c1-14(24)16(25)8-5-6-9-18(26)30-17-12-15-13-29-20(27)23(15,28)22(4)11-7-10-21(2,3)19(17)22/h5-6,8-9,12,14,16-17,19,24-25,28H,7,10-11,13H2,1-4H3/b8-5-,9-6+/t14-,16-,17-,19+,22+,23+/m1/s1. The number of allylic oxidation sites excluding steroid dienone is 2. The van der Waals surface area contributed by atoms with Gasteiger partial charge in [-0.25, -0.2) is 9.59 Å². The molecule has 6 atom stereocenters. The lowest BCUT2D eigenvalue weighted by atomic mass is 9.46. The lowest BCUT2D eigenvalue weighted by Crippen LogP contribution is -2.65. The number of esters is 2. The molecule has 3 rings (SSSR count). The minimum absolute atomic E-state index is 0.00192. The van der Waals surface area contributed by atoms with Crippen molar-refractivity contribution in [1.29, 1.82) is 0 Å². The molecule has 1 heterocycles. The minimum atomic E-state index is -1.69. The third-order valence-electron chi connectivity index (χ3n) is 7.08. The smallest absolute Gasteiger partial charge is 0.343 e. The molecule has 166 valence electrons. The van der Waals surface area contributed by atoms with Crippen molar-refractivity contribution < 1.29 is 34.4 Å². The molecule has 0 aromatic heterocycles. The van der Waals surface area contributed by atoms with Gasteiger partial charge in [-0.2, -0.15) is 0 Å². The topological polar surface area (TPSA) is 113 Å². The largest absolute Gasteiger partial charge is 0.459 e. The highest BCUT2D eigenvalue weighted by molar-refractivity contribution is 5.88. The lowest BCUT2D eigenvalue weighted by molar-refractivity contribution is -0.194. The molecule has 1 saturated heterocycles. The maximum absolute atomic E-state index is 12.5. The van der Waals surface area contributed by atoms with Crippen LogP contribution in [0.3, 0.4) is 0 Å². The maximum Gasteiger partial charge on any atom is 0.343 e. The number of fused-ring (bicyclic) bond motifs is 3. The van der Waals surface area contributed by atoms with Crippen molar-refractivity contribution in [2.24, 2.45) is 16.7 Å². The second kappa shape index (κ2) is 7.94. The Morgan fingerprint density at radius 1 is 1.27 bits per heavy atom. The molecule has 2 fully saturated rings. The van der Waals surface area contributed by atoms with Crippen LogP contribution in [0, 0.1) is 16.7 Å². The summed E-state index contributed by atoms with van der Waals surface area (Å²) in [5.41, 5.74) is -2.29. The normalized spacial score (nSPS) is 37.3. The fourth-order valence-electron chi connectivity index (χ4n) is 5.59. The molecule has 0 spiro atoms. The minimum Gasteiger partial charge on any atom is -0.459 e. The van der Waals surface area contributed by atoms with Crippen LogP contribution in [0.5, 0.6) is 0 Å². The Hall–Kier alpha value is -1.96. The summed E-state index contributed by atoms with van der Waals surface area (Å²) < 4.78 is 11.0. The monoisotopic (exact) mass is 420 g/mol. The molecule has 0 bridgehead atoms. The summed E-state index contributed by atoms with van der Waals surface area (Å²) in [6.45, 7) is 7.52. The van der Waals surface area contributed by atoms with Gasteiger partial charge in [0.2, 0.25) is 0 Å². The molecule has 30 heavy (non-hydrogen) atoms. The Kier molecular flexibility index (Phi) is 6.02. The number of cyclic esters (lactones) is 1. The third kappa shape index (κ3) is 3.63. The van der Waals surface area contributed by atoms with Gasteiger partial charge in [0.15, 0.2) is 5.60 Å². The van der Waals surface area contributed by atoms with Crippen LogP contribution >= 0.6 is 0 Å². The quantitative estimate of drug-likeness (QED) is 0.269. The van der Waals surface area contributed by atoms with Crippen molar-refractivity contribution >= 4 is 11.9 Å². The van der Waals surface area contributed by atoms with Crippen molar-refractivity contribution in [3.8, 4) is 0 Å². The van der Waals surface area contributed by atoms with Gasteiger partial charge in [0, 0.05) is 23.0 Å². The van der Waals surface area contributed by atoms with Crippen molar-refractivity contribution in [3.63, 3.8) is 0 Å². The van der Waals surface area contributed by atoms with Crippen LogP contribution in [0.1, 0.15) is 47.0 Å². The molecule has 0 aromatic rings. The van der Waals surface area contributed by atoms with Crippen molar-refractivity contribution in [1.82, 2.24) is 0 Å². The number of rotatable bonds is 5. The molecule has 3 N–H and O–H groups in total. The zero-order valence-corrected chi connectivity index (χ0v) is 18.0. The lowest BCUT2D eigenvalue weighted by Gasteiger charge is -2.59. The number of carbonyl (C=O) groups excluding carboxylic acids is 2. The number of hydrogen-bond acceptors (Lipinski definition) is 7. The summed E-state index contributed by atoms with van der Waals surface area (Å²) in [7, 11) is 0. The average molecular weight is 421 g/mol. The van der Waals surface area contributed by atoms with E-state index in [1.165, 1.54) is 31.2 Å². The molecular formula is C23H32O7. The molecule has 0 aromatic carbocycles. The maximum atomic E-state index is 12.5. The number of aliphatic hydroxyl groups is 3. The van der Waals surface area contributed by atoms with Gasteiger partial charge in [0.05, 0.1) is 12.2 Å². The second-order valence-corrected chi connectivity index (χ2v) is 9.59. The van der Waals surface area contributed by atoms with E-state index in [9.17, 15) is 24.9 Å². The summed E-state index contributed by atoms with van der Waals surface area (Å²) in [6, 6.07) is 0. The fourth-order valence-corrected chi connectivity index (χ4v) is 5.59. The molecule has 0 amide bonds. The molecule has 7 nitrogen and oxygen atoms in total. The zero-order valence-electron chi connectivity index (χ0n) is 18.0. The van der Waals surface area contributed by atoms with Crippen LogP contribution in [-0.2, 0) is 19.1 Å². The predicted molar refractivity (Wildman–Crippen MR) is 109 cm³/mol. The Morgan fingerprint density at radius 3 is 2.63 bits per heavy atom. The third-order valence-corrected chi connectivity index (χ3v) is 7.08. The SMILES string of the molecule is C[C@@H](O)[C@H](O)/C=C\C=C\C(=O)O[C@@H]1C=C2COC(=O)[C@]2(O)[C@@]2(C)CCCC(C)(C)[C@H]12. The van der Waals surface area contributed by atoms with E-state index >= 15 is 0 Å². The van der Waals surface area contributed by atoms with Crippen molar-refractivity contribution in [2.45, 2.75) is 70.9 Å². The number of ether oxygens (including phenoxy) is 2. The van der Waals surface area contributed by atoms with Crippen molar-refractivity contribution in [2.75, 3.05) is 6.61 Å². The van der Waals surface area contributed by atoms with Gasteiger partial charge in [-0.1, -0.05) is 45.4 Å². The highest BCUT2D eigenvalue weighted by Crippen LogP contribution is 2.63. The summed E-state index contributed by atoms with van der Waals surface area (Å²) in [6.07, 6.45) is 7.07. The van der Waals surface area contributed by atoms with Gasteiger partial charge in [0.25, 0.3) is 0 Å². The average Bonchev–Trinajstić information content (AvgIpc) is 2.94.